The summed E-state index contributed by atoms with van der Waals surface area (Å²) in [5.41, 5.74) is 6.31. The fourth-order valence-electron chi connectivity index (χ4n) is 2.31. The van der Waals surface area contributed by atoms with E-state index in [4.69, 9.17) is 22.7 Å². The van der Waals surface area contributed by atoms with Gasteiger partial charge in [0.1, 0.15) is 10.7 Å². The molecule has 1 saturated heterocycles. The van der Waals surface area contributed by atoms with E-state index in [1.807, 2.05) is 24.3 Å². The van der Waals surface area contributed by atoms with Crippen LogP contribution in [0.25, 0.3) is 0 Å². The number of hydrogen-bond donors (Lipinski definition) is 1. The van der Waals surface area contributed by atoms with Crippen molar-refractivity contribution in [3.63, 3.8) is 0 Å². The van der Waals surface area contributed by atoms with Gasteiger partial charge in [0.2, 0.25) is 5.91 Å². The molecule has 1 heterocycles. The van der Waals surface area contributed by atoms with Gasteiger partial charge in [0.15, 0.2) is 0 Å². The molecule has 4 nitrogen and oxygen atoms in total. The predicted octanol–water partition coefficient (Wildman–Crippen LogP) is 1.57. The number of hydrogen-bond acceptors (Lipinski definition) is 3. The minimum Gasteiger partial charge on any atom is -0.497 e. The van der Waals surface area contributed by atoms with E-state index in [0.717, 1.165) is 42.2 Å². The number of ether oxygens (including phenoxy) is 1. The normalized spacial score (nSPS) is 16.2. The molecule has 0 saturated carbocycles. The molecule has 1 aromatic rings. The van der Waals surface area contributed by atoms with E-state index in [-0.39, 0.29) is 11.8 Å². The highest BCUT2D eigenvalue weighted by atomic mass is 32.1. The summed E-state index contributed by atoms with van der Waals surface area (Å²) in [4.78, 5) is 14.1. The van der Waals surface area contributed by atoms with Crippen LogP contribution in [0.2, 0.25) is 0 Å². The molecule has 102 valence electrons. The molecule has 19 heavy (non-hydrogen) atoms. The van der Waals surface area contributed by atoms with Gasteiger partial charge in [-0.2, -0.15) is 0 Å². The number of carbonyl (C=O) groups excluding carboxylic acids is 1. The Balaban J connectivity index is 2.02. The molecule has 1 aromatic carbocycles. The van der Waals surface area contributed by atoms with E-state index in [9.17, 15) is 4.79 Å². The molecule has 0 atom stereocenters. The van der Waals surface area contributed by atoms with Crippen LogP contribution >= 0.6 is 12.2 Å². The lowest BCUT2D eigenvalue weighted by atomic mass is 9.96. The third-order valence-corrected chi connectivity index (χ3v) is 4.00. The number of primary amides is 1. The van der Waals surface area contributed by atoms with Gasteiger partial charge in [-0.15, -0.1) is 0 Å². The van der Waals surface area contributed by atoms with Crippen LogP contribution in [-0.2, 0) is 4.79 Å². The Morgan fingerprint density at radius 1 is 1.42 bits per heavy atom. The molecule has 5 heteroatoms. The first-order valence-corrected chi connectivity index (χ1v) is 6.75. The molecule has 0 aromatic heterocycles. The summed E-state index contributed by atoms with van der Waals surface area (Å²) < 4.78 is 5.20. The highest BCUT2D eigenvalue weighted by Gasteiger charge is 2.24. The van der Waals surface area contributed by atoms with E-state index >= 15 is 0 Å². The Bertz CT molecular complexity index is 482. The van der Waals surface area contributed by atoms with Crippen molar-refractivity contribution >= 4 is 23.1 Å². The molecule has 1 fully saturated rings. The molecule has 1 amide bonds. The first-order chi connectivity index (χ1) is 9.11. The smallest absolute Gasteiger partial charge is 0.220 e. The molecule has 0 radical (unpaired) electrons. The molecular formula is C14H18N2O2S. The first kappa shape index (κ1) is 13.8. The monoisotopic (exact) mass is 278 g/mol. The van der Waals surface area contributed by atoms with E-state index in [2.05, 4.69) is 4.90 Å². The number of thiocarbonyl (C=S) groups is 1. The molecule has 0 aliphatic carbocycles. The molecule has 1 aliphatic rings. The van der Waals surface area contributed by atoms with Gasteiger partial charge in [-0.25, -0.2) is 0 Å². The lowest BCUT2D eigenvalue weighted by molar-refractivity contribution is -0.122. The van der Waals surface area contributed by atoms with Gasteiger partial charge < -0.3 is 15.4 Å². The van der Waals surface area contributed by atoms with E-state index in [1.165, 1.54) is 0 Å². The van der Waals surface area contributed by atoms with E-state index < -0.39 is 0 Å². The van der Waals surface area contributed by atoms with Crippen LogP contribution in [0.1, 0.15) is 18.4 Å². The molecule has 2 N–H and O–H groups in total. The molecule has 0 bridgehead atoms. The predicted molar refractivity (Wildman–Crippen MR) is 78.2 cm³/mol. The van der Waals surface area contributed by atoms with Crippen molar-refractivity contribution in [3.05, 3.63) is 29.8 Å². The number of nitrogens with two attached hydrogens (primary N) is 1. The summed E-state index contributed by atoms with van der Waals surface area (Å²) in [5, 5.41) is 0. The van der Waals surface area contributed by atoms with Crippen LogP contribution in [0.15, 0.2) is 24.3 Å². The lowest BCUT2D eigenvalue weighted by Crippen LogP contribution is -2.41. The van der Waals surface area contributed by atoms with Crippen LogP contribution < -0.4 is 10.5 Å². The van der Waals surface area contributed by atoms with Crippen molar-refractivity contribution in [2.45, 2.75) is 12.8 Å². The maximum atomic E-state index is 11.1. The zero-order chi connectivity index (χ0) is 13.8. The number of carbonyl (C=O) groups is 1. The average molecular weight is 278 g/mol. The third-order valence-electron chi connectivity index (χ3n) is 3.50. The number of piperidine rings is 1. The van der Waals surface area contributed by atoms with Crippen molar-refractivity contribution in [3.8, 4) is 5.75 Å². The Kier molecular flexibility index (Phi) is 4.37. The zero-order valence-electron chi connectivity index (χ0n) is 11.0. The highest BCUT2D eigenvalue weighted by Crippen LogP contribution is 2.21. The lowest BCUT2D eigenvalue weighted by Gasteiger charge is -2.32. The van der Waals surface area contributed by atoms with Crippen LogP contribution in [0.4, 0.5) is 0 Å². The Morgan fingerprint density at radius 2 is 2.11 bits per heavy atom. The number of rotatable bonds is 3. The standard InChI is InChI=1S/C14H18N2O2S/c1-18-12-4-2-3-11(9-12)14(19)16-7-5-10(6-8-16)13(15)17/h2-4,9-10H,5-8H2,1H3,(H2,15,17). The van der Waals surface area contributed by atoms with Crippen molar-refractivity contribution in [1.82, 2.24) is 4.90 Å². The van der Waals surface area contributed by atoms with Gasteiger partial charge in [0.05, 0.1) is 7.11 Å². The summed E-state index contributed by atoms with van der Waals surface area (Å²) in [6, 6.07) is 7.73. The van der Waals surface area contributed by atoms with Crippen LogP contribution in [0.3, 0.4) is 0 Å². The molecule has 2 rings (SSSR count). The summed E-state index contributed by atoms with van der Waals surface area (Å²) in [6.07, 6.45) is 1.55. The van der Waals surface area contributed by atoms with Crippen LogP contribution in [0.5, 0.6) is 5.75 Å². The minimum absolute atomic E-state index is 0.00985. The van der Waals surface area contributed by atoms with Gasteiger partial charge in [0, 0.05) is 24.6 Å². The quantitative estimate of drug-likeness (QED) is 0.853. The van der Waals surface area contributed by atoms with E-state index in [1.54, 1.807) is 7.11 Å². The largest absolute Gasteiger partial charge is 0.497 e. The SMILES string of the molecule is COc1cccc(C(=S)N2CCC(C(N)=O)CC2)c1. The number of benzene rings is 1. The van der Waals surface area contributed by atoms with Crippen molar-refractivity contribution in [2.75, 3.05) is 20.2 Å². The van der Waals surface area contributed by atoms with Crippen LogP contribution in [-0.4, -0.2) is 36.0 Å². The number of amides is 1. The Labute approximate surface area is 118 Å². The molecule has 1 aliphatic heterocycles. The first-order valence-electron chi connectivity index (χ1n) is 6.34. The minimum atomic E-state index is -0.202. The van der Waals surface area contributed by atoms with Gasteiger partial charge in [-0.05, 0) is 25.0 Å². The second-order valence-corrected chi connectivity index (χ2v) is 5.09. The summed E-state index contributed by atoms with van der Waals surface area (Å²) in [7, 11) is 1.64. The molecule has 0 spiro atoms. The second kappa shape index (κ2) is 6.02. The summed E-state index contributed by atoms with van der Waals surface area (Å²) in [6.45, 7) is 1.56. The fourth-order valence-corrected chi connectivity index (χ4v) is 2.62. The number of likely N-dealkylation sites (tertiary alicyclic amines) is 1. The third kappa shape index (κ3) is 3.23. The topological polar surface area (TPSA) is 55.6 Å². The average Bonchev–Trinajstić information content (AvgIpc) is 2.46. The maximum Gasteiger partial charge on any atom is 0.220 e. The zero-order valence-corrected chi connectivity index (χ0v) is 11.8. The molecule has 0 unspecified atom stereocenters. The maximum absolute atomic E-state index is 11.1. The van der Waals surface area contributed by atoms with Gasteiger partial charge in [-0.3, -0.25) is 4.79 Å². The van der Waals surface area contributed by atoms with Gasteiger partial charge in [0.25, 0.3) is 0 Å². The van der Waals surface area contributed by atoms with Crippen molar-refractivity contribution < 1.29 is 9.53 Å². The molecular weight excluding hydrogens is 260 g/mol. The fraction of sp³-hybridized carbons (Fsp3) is 0.429. The van der Waals surface area contributed by atoms with Crippen molar-refractivity contribution in [1.29, 1.82) is 0 Å². The number of methoxy groups -OCH3 is 1. The Morgan fingerprint density at radius 3 is 2.68 bits per heavy atom. The van der Waals surface area contributed by atoms with Crippen molar-refractivity contribution in [2.24, 2.45) is 11.7 Å². The van der Waals surface area contributed by atoms with Crippen LogP contribution in [0, 0.1) is 5.92 Å². The number of nitrogens with zero attached hydrogens (tertiary/aromatic N) is 1. The van der Waals surface area contributed by atoms with Gasteiger partial charge in [-0.1, -0.05) is 24.4 Å². The van der Waals surface area contributed by atoms with Gasteiger partial charge >= 0.3 is 0 Å². The summed E-state index contributed by atoms with van der Waals surface area (Å²) >= 11 is 5.51. The Hall–Kier alpha value is -1.62. The highest BCUT2D eigenvalue weighted by molar-refractivity contribution is 7.80. The van der Waals surface area contributed by atoms with E-state index in [0.29, 0.717) is 0 Å². The summed E-state index contributed by atoms with van der Waals surface area (Å²) in [5.74, 6) is 0.586. The second-order valence-electron chi connectivity index (χ2n) is 4.70.